The summed E-state index contributed by atoms with van der Waals surface area (Å²) >= 11 is 6.58. The first-order valence-corrected chi connectivity index (χ1v) is 9.30. The summed E-state index contributed by atoms with van der Waals surface area (Å²) in [5, 5.41) is 1.62. The van der Waals surface area contributed by atoms with Gasteiger partial charge in [-0.05, 0) is 31.5 Å². The molecule has 0 aliphatic heterocycles. The van der Waals surface area contributed by atoms with Gasteiger partial charge in [0.15, 0.2) is 5.16 Å². The Hall–Kier alpha value is -2.00. The number of nitrogens with one attached hydrogen (secondary N) is 2. The Morgan fingerprint density at radius 2 is 2.07 bits per heavy atom. The maximum absolute atomic E-state index is 13.1. The van der Waals surface area contributed by atoms with Crippen LogP contribution in [0.5, 0.6) is 0 Å². The van der Waals surface area contributed by atoms with Crippen LogP contribution < -0.4 is 10.9 Å². The molecule has 1 aromatic carbocycles. The van der Waals surface area contributed by atoms with E-state index in [9.17, 15) is 22.8 Å². The van der Waals surface area contributed by atoms with Crippen molar-refractivity contribution in [3.8, 4) is 0 Å². The van der Waals surface area contributed by atoms with Gasteiger partial charge < -0.3 is 10.3 Å². The second-order valence-corrected chi connectivity index (χ2v) is 7.49. The topological polar surface area (TPSA) is 74.8 Å². The van der Waals surface area contributed by atoms with Gasteiger partial charge in [0.2, 0.25) is 5.91 Å². The number of carbonyl (C=O) groups is 1. The number of thioether (sulfide) groups is 1. The molecule has 0 aliphatic rings. The number of amides is 1. The molecular formula is C17H17ClF3N3O2S. The number of anilines is 1. The number of aromatic amines is 1. The van der Waals surface area contributed by atoms with Crippen LogP contribution in [0.15, 0.2) is 34.2 Å². The monoisotopic (exact) mass is 419 g/mol. The molecular weight excluding hydrogens is 403 g/mol. The molecule has 146 valence electrons. The number of benzene rings is 1. The summed E-state index contributed by atoms with van der Waals surface area (Å²) in [6, 6.07) is 4.49. The lowest BCUT2D eigenvalue weighted by molar-refractivity contribution is -0.137. The highest BCUT2D eigenvalue weighted by Gasteiger charge is 2.34. The molecule has 1 atom stereocenters. The Labute approximate surface area is 162 Å². The molecule has 0 radical (unpaired) electrons. The van der Waals surface area contributed by atoms with E-state index in [0.29, 0.717) is 12.1 Å². The molecule has 1 heterocycles. The van der Waals surface area contributed by atoms with Crippen molar-refractivity contribution in [2.45, 2.75) is 43.3 Å². The SMILES string of the molecule is CCCc1cc(=O)[nH]c(SC(C)C(=O)Nc2ccc(Cl)cc2C(F)(F)F)n1. The third-order valence-electron chi connectivity index (χ3n) is 3.48. The summed E-state index contributed by atoms with van der Waals surface area (Å²) in [6.45, 7) is 3.45. The van der Waals surface area contributed by atoms with Crippen molar-refractivity contribution >= 4 is 35.0 Å². The minimum Gasteiger partial charge on any atom is -0.325 e. The van der Waals surface area contributed by atoms with Gasteiger partial charge in [-0.2, -0.15) is 13.2 Å². The molecule has 10 heteroatoms. The van der Waals surface area contributed by atoms with E-state index in [1.165, 1.54) is 19.1 Å². The van der Waals surface area contributed by atoms with E-state index in [4.69, 9.17) is 11.6 Å². The zero-order valence-electron chi connectivity index (χ0n) is 14.5. The summed E-state index contributed by atoms with van der Waals surface area (Å²) < 4.78 is 39.4. The van der Waals surface area contributed by atoms with Gasteiger partial charge in [-0.1, -0.05) is 36.7 Å². The summed E-state index contributed by atoms with van der Waals surface area (Å²) in [6.07, 6.45) is -3.25. The molecule has 1 amide bonds. The van der Waals surface area contributed by atoms with Crippen LogP contribution in [-0.4, -0.2) is 21.1 Å². The van der Waals surface area contributed by atoms with Gasteiger partial charge in [0.25, 0.3) is 5.56 Å². The molecule has 0 saturated heterocycles. The van der Waals surface area contributed by atoms with Crippen LogP contribution in [0.25, 0.3) is 0 Å². The molecule has 1 aromatic heterocycles. The molecule has 5 nitrogen and oxygen atoms in total. The van der Waals surface area contributed by atoms with Gasteiger partial charge >= 0.3 is 6.18 Å². The Morgan fingerprint density at radius 1 is 1.37 bits per heavy atom. The van der Waals surface area contributed by atoms with E-state index in [1.807, 2.05) is 6.92 Å². The number of halogens is 4. The number of alkyl halides is 3. The van der Waals surface area contributed by atoms with Crippen molar-refractivity contribution in [1.29, 1.82) is 0 Å². The molecule has 1 unspecified atom stereocenters. The predicted molar refractivity (Wildman–Crippen MR) is 99.3 cm³/mol. The lowest BCUT2D eigenvalue weighted by atomic mass is 10.1. The standard InChI is InChI=1S/C17H17ClF3N3O2S/c1-3-4-11-8-14(25)24-16(22-11)27-9(2)15(26)23-13-6-5-10(18)7-12(13)17(19,20)21/h5-9H,3-4H2,1-2H3,(H,23,26)(H,22,24,25). The smallest absolute Gasteiger partial charge is 0.325 e. The zero-order valence-corrected chi connectivity index (χ0v) is 16.1. The van der Waals surface area contributed by atoms with E-state index in [1.54, 1.807) is 0 Å². The third-order valence-corrected chi connectivity index (χ3v) is 4.70. The van der Waals surface area contributed by atoms with Crippen LogP contribution >= 0.6 is 23.4 Å². The zero-order chi connectivity index (χ0) is 20.2. The van der Waals surface area contributed by atoms with Crippen molar-refractivity contribution in [1.82, 2.24) is 9.97 Å². The first-order valence-electron chi connectivity index (χ1n) is 8.04. The summed E-state index contributed by atoms with van der Waals surface area (Å²) in [5.74, 6) is -0.656. The van der Waals surface area contributed by atoms with Gasteiger partial charge in [0.1, 0.15) is 0 Å². The largest absolute Gasteiger partial charge is 0.418 e. The highest BCUT2D eigenvalue weighted by molar-refractivity contribution is 8.00. The van der Waals surface area contributed by atoms with Crippen molar-refractivity contribution in [2.75, 3.05) is 5.32 Å². The van der Waals surface area contributed by atoms with Crippen LogP contribution in [0.2, 0.25) is 5.02 Å². The number of aromatic nitrogens is 2. The fraction of sp³-hybridized carbons (Fsp3) is 0.353. The second kappa shape index (κ2) is 8.79. The van der Waals surface area contributed by atoms with Gasteiger partial charge in [-0.15, -0.1) is 0 Å². The maximum Gasteiger partial charge on any atom is 0.418 e. The number of aryl methyl sites for hydroxylation is 1. The van der Waals surface area contributed by atoms with Gasteiger partial charge in [-0.25, -0.2) is 4.98 Å². The van der Waals surface area contributed by atoms with Crippen molar-refractivity contribution < 1.29 is 18.0 Å². The van der Waals surface area contributed by atoms with Crippen LogP contribution in [-0.2, 0) is 17.4 Å². The summed E-state index contributed by atoms with van der Waals surface area (Å²) in [5.41, 5.74) is -1.17. The predicted octanol–water partition coefficient (Wildman–Crippen LogP) is 4.51. The molecule has 2 rings (SSSR count). The van der Waals surface area contributed by atoms with Crippen LogP contribution in [0.3, 0.4) is 0 Å². The minimum absolute atomic E-state index is 0.0859. The van der Waals surface area contributed by atoms with Gasteiger partial charge in [0, 0.05) is 16.8 Å². The molecule has 0 saturated carbocycles. The number of hydrogen-bond acceptors (Lipinski definition) is 4. The lowest BCUT2D eigenvalue weighted by Crippen LogP contribution is -2.25. The fourth-order valence-electron chi connectivity index (χ4n) is 2.24. The highest BCUT2D eigenvalue weighted by atomic mass is 35.5. The molecule has 0 spiro atoms. The first kappa shape index (κ1) is 21.3. The van der Waals surface area contributed by atoms with Crippen molar-refractivity contribution in [2.24, 2.45) is 0 Å². The average molecular weight is 420 g/mol. The number of H-pyrrole nitrogens is 1. The van der Waals surface area contributed by atoms with Gasteiger partial charge in [-0.3, -0.25) is 9.59 Å². The average Bonchev–Trinajstić information content (AvgIpc) is 2.55. The fourth-order valence-corrected chi connectivity index (χ4v) is 3.24. The molecule has 0 bridgehead atoms. The van der Waals surface area contributed by atoms with Gasteiger partial charge in [0.05, 0.1) is 16.5 Å². The van der Waals surface area contributed by atoms with E-state index in [-0.39, 0.29) is 21.4 Å². The molecule has 2 aromatic rings. The number of nitrogens with zero attached hydrogens (tertiary/aromatic N) is 1. The normalized spacial score (nSPS) is 12.7. The Bertz CT molecular complexity index is 886. The first-order chi connectivity index (χ1) is 12.6. The minimum atomic E-state index is -4.66. The summed E-state index contributed by atoms with van der Waals surface area (Å²) in [4.78, 5) is 30.8. The van der Waals surface area contributed by atoms with Crippen molar-refractivity contribution in [3.05, 3.63) is 50.9 Å². The van der Waals surface area contributed by atoms with Crippen LogP contribution in [0.1, 0.15) is 31.5 Å². The van der Waals surface area contributed by atoms with E-state index >= 15 is 0 Å². The molecule has 27 heavy (non-hydrogen) atoms. The number of hydrogen-bond donors (Lipinski definition) is 2. The maximum atomic E-state index is 13.1. The van der Waals surface area contributed by atoms with E-state index in [0.717, 1.165) is 30.3 Å². The molecule has 0 fully saturated rings. The van der Waals surface area contributed by atoms with E-state index < -0.39 is 22.9 Å². The number of rotatable bonds is 6. The van der Waals surface area contributed by atoms with Crippen LogP contribution in [0.4, 0.5) is 18.9 Å². The second-order valence-electron chi connectivity index (χ2n) is 5.73. The molecule has 2 N–H and O–H groups in total. The number of carbonyl (C=O) groups excluding carboxylic acids is 1. The van der Waals surface area contributed by atoms with Crippen LogP contribution in [0, 0.1) is 0 Å². The van der Waals surface area contributed by atoms with E-state index in [2.05, 4.69) is 15.3 Å². The highest BCUT2D eigenvalue weighted by Crippen LogP contribution is 2.36. The quantitative estimate of drug-likeness (QED) is 0.533. The lowest BCUT2D eigenvalue weighted by Gasteiger charge is -2.16. The van der Waals surface area contributed by atoms with Crippen molar-refractivity contribution in [3.63, 3.8) is 0 Å². The summed E-state index contributed by atoms with van der Waals surface area (Å²) in [7, 11) is 0. The molecule has 0 aliphatic carbocycles. The Kier molecular flexibility index (Phi) is 6.94. The Morgan fingerprint density at radius 3 is 2.70 bits per heavy atom. The Balaban J connectivity index is 2.17. The third kappa shape index (κ3) is 6.00.